The number of carbonyl (C=O) groups is 1. The summed E-state index contributed by atoms with van der Waals surface area (Å²) in [7, 11) is 0. The molecular formula is C20H17N7O. The summed E-state index contributed by atoms with van der Waals surface area (Å²) >= 11 is 0. The maximum atomic E-state index is 11.5. The van der Waals surface area contributed by atoms with Gasteiger partial charge in [-0.1, -0.05) is 6.07 Å². The zero-order valence-electron chi connectivity index (χ0n) is 15.0. The quantitative estimate of drug-likeness (QED) is 0.572. The molecule has 0 saturated heterocycles. The number of nitrogens with one attached hydrogen (secondary N) is 2. The SMILES string of the molecule is O=C1CCc2cc(Nc3ncc4cnn(Cc5cccnc5)c4n3)ccc2N1. The number of hydrogen-bond acceptors (Lipinski definition) is 6. The summed E-state index contributed by atoms with van der Waals surface area (Å²) < 4.78 is 1.83. The summed E-state index contributed by atoms with van der Waals surface area (Å²) in [6.45, 7) is 0.590. The second-order valence-electron chi connectivity index (χ2n) is 6.68. The van der Waals surface area contributed by atoms with Crippen LogP contribution >= 0.6 is 0 Å². The average Bonchev–Trinajstić information content (AvgIpc) is 3.11. The first-order valence-electron chi connectivity index (χ1n) is 9.02. The predicted octanol–water partition coefficient (Wildman–Crippen LogP) is 2.90. The lowest BCUT2D eigenvalue weighted by atomic mass is 10.0. The number of carbonyl (C=O) groups excluding carboxylic acids is 1. The minimum absolute atomic E-state index is 0.0591. The van der Waals surface area contributed by atoms with Gasteiger partial charge in [0, 0.05) is 36.4 Å². The monoisotopic (exact) mass is 371 g/mol. The van der Waals surface area contributed by atoms with Crippen LogP contribution in [0.3, 0.4) is 0 Å². The summed E-state index contributed by atoms with van der Waals surface area (Å²) in [5, 5.41) is 11.4. The molecule has 1 aliphatic heterocycles. The number of rotatable bonds is 4. The first kappa shape index (κ1) is 16.4. The van der Waals surface area contributed by atoms with Gasteiger partial charge in [-0.3, -0.25) is 9.78 Å². The second kappa shape index (κ2) is 6.73. The largest absolute Gasteiger partial charge is 0.326 e. The topological polar surface area (TPSA) is 97.6 Å². The number of aryl methyl sites for hydroxylation is 1. The Kier molecular flexibility index (Phi) is 3.93. The molecule has 0 radical (unpaired) electrons. The van der Waals surface area contributed by atoms with Gasteiger partial charge >= 0.3 is 0 Å². The van der Waals surface area contributed by atoms with Gasteiger partial charge in [-0.25, -0.2) is 9.67 Å². The van der Waals surface area contributed by atoms with Crippen LogP contribution in [-0.2, 0) is 17.8 Å². The van der Waals surface area contributed by atoms with Crippen molar-refractivity contribution >= 4 is 34.3 Å². The normalized spacial score (nSPS) is 13.2. The van der Waals surface area contributed by atoms with Crippen molar-refractivity contribution in [3.8, 4) is 0 Å². The Morgan fingerprint density at radius 1 is 1.14 bits per heavy atom. The molecule has 4 aromatic rings. The van der Waals surface area contributed by atoms with Gasteiger partial charge in [0.1, 0.15) is 0 Å². The number of nitrogens with zero attached hydrogens (tertiary/aromatic N) is 5. The minimum atomic E-state index is 0.0591. The highest BCUT2D eigenvalue weighted by Gasteiger charge is 2.15. The highest BCUT2D eigenvalue weighted by molar-refractivity contribution is 5.94. The third kappa shape index (κ3) is 3.16. The molecule has 0 unspecified atom stereocenters. The highest BCUT2D eigenvalue weighted by atomic mass is 16.1. The molecule has 1 aliphatic rings. The average molecular weight is 371 g/mol. The van der Waals surface area contributed by atoms with Crippen molar-refractivity contribution < 1.29 is 4.79 Å². The molecule has 0 spiro atoms. The Hall–Kier alpha value is -3.81. The molecule has 5 rings (SSSR count). The van der Waals surface area contributed by atoms with E-state index in [1.54, 1.807) is 18.6 Å². The fraction of sp³-hybridized carbons (Fsp3) is 0.150. The van der Waals surface area contributed by atoms with Crippen molar-refractivity contribution in [2.75, 3.05) is 10.6 Å². The van der Waals surface area contributed by atoms with E-state index in [4.69, 9.17) is 0 Å². The highest BCUT2D eigenvalue weighted by Crippen LogP contribution is 2.27. The van der Waals surface area contributed by atoms with Crippen molar-refractivity contribution in [3.05, 3.63) is 66.2 Å². The summed E-state index contributed by atoms with van der Waals surface area (Å²) in [6, 6.07) is 9.74. The van der Waals surface area contributed by atoms with Crippen LogP contribution in [0.1, 0.15) is 17.5 Å². The van der Waals surface area contributed by atoms with Crippen LogP contribution in [0.25, 0.3) is 11.0 Å². The van der Waals surface area contributed by atoms with Crippen molar-refractivity contribution in [2.24, 2.45) is 0 Å². The molecule has 0 fully saturated rings. The number of fused-ring (bicyclic) bond motifs is 2. The molecule has 28 heavy (non-hydrogen) atoms. The number of aromatic nitrogens is 5. The van der Waals surface area contributed by atoms with Crippen molar-refractivity contribution in [3.63, 3.8) is 0 Å². The lowest BCUT2D eigenvalue weighted by Crippen LogP contribution is -2.18. The Labute approximate surface area is 160 Å². The molecule has 8 nitrogen and oxygen atoms in total. The molecular weight excluding hydrogens is 354 g/mol. The molecule has 8 heteroatoms. The third-order valence-corrected chi connectivity index (χ3v) is 4.69. The van der Waals surface area contributed by atoms with E-state index in [9.17, 15) is 4.79 Å². The number of anilines is 3. The van der Waals surface area contributed by atoms with E-state index in [-0.39, 0.29) is 5.91 Å². The Balaban J connectivity index is 1.42. The van der Waals surface area contributed by atoms with Gasteiger partial charge in [-0.15, -0.1) is 0 Å². The molecule has 0 atom stereocenters. The summed E-state index contributed by atoms with van der Waals surface area (Å²) in [5.41, 5.74) is 4.66. The second-order valence-corrected chi connectivity index (χ2v) is 6.68. The van der Waals surface area contributed by atoms with Gasteiger partial charge in [-0.05, 0) is 41.8 Å². The molecule has 0 aliphatic carbocycles. The summed E-state index contributed by atoms with van der Waals surface area (Å²) in [4.78, 5) is 24.7. The fourth-order valence-electron chi connectivity index (χ4n) is 3.30. The molecule has 138 valence electrons. The van der Waals surface area contributed by atoms with Gasteiger partial charge in [0.2, 0.25) is 11.9 Å². The molecule has 3 aromatic heterocycles. The first-order valence-corrected chi connectivity index (χ1v) is 9.02. The number of benzene rings is 1. The molecule has 4 heterocycles. The van der Waals surface area contributed by atoms with Crippen LogP contribution < -0.4 is 10.6 Å². The molecule has 2 N–H and O–H groups in total. The van der Waals surface area contributed by atoms with Gasteiger partial charge in [-0.2, -0.15) is 10.1 Å². The number of hydrogen-bond donors (Lipinski definition) is 2. The molecule has 0 saturated carbocycles. The van der Waals surface area contributed by atoms with E-state index in [1.165, 1.54) is 0 Å². The smallest absolute Gasteiger partial charge is 0.229 e. The Bertz CT molecular complexity index is 1170. The van der Waals surface area contributed by atoms with Crippen LogP contribution in [0.2, 0.25) is 0 Å². The Morgan fingerprint density at radius 2 is 2.11 bits per heavy atom. The third-order valence-electron chi connectivity index (χ3n) is 4.69. The molecule has 1 amide bonds. The predicted molar refractivity (Wildman–Crippen MR) is 105 cm³/mol. The van der Waals surface area contributed by atoms with E-state index in [1.807, 2.05) is 41.2 Å². The van der Waals surface area contributed by atoms with Crippen LogP contribution in [0.5, 0.6) is 0 Å². The minimum Gasteiger partial charge on any atom is -0.326 e. The maximum Gasteiger partial charge on any atom is 0.229 e. The van der Waals surface area contributed by atoms with Gasteiger partial charge < -0.3 is 10.6 Å². The van der Waals surface area contributed by atoms with E-state index < -0.39 is 0 Å². The van der Waals surface area contributed by atoms with Crippen molar-refractivity contribution in [1.82, 2.24) is 24.7 Å². The van der Waals surface area contributed by atoms with Crippen molar-refractivity contribution in [1.29, 1.82) is 0 Å². The van der Waals surface area contributed by atoms with Crippen LogP contribution in [0.4, 0.5) is 17.3 Å². The van der Waals surface area contributed by atoms with Gasteiger partial charge in [0.25, 0.3) is 0 Å². The van der Waals surface area contributed by atoms with Crippen LogP contribution in [-0.4, -0.2) is 30.6 Å². The van der Waals surface area contributed by atoms with Gasteiger partial charge in [0.15, 0.2) is 5.65 Å². The van der Waals surface area contributed by atoms with Crippen LogP contribution in [0, 0.1) is 0 Å². The standard InChI is InChI=1S/C20H17N7O/c28-18-6-3-14-8-16(4-5-17(14)25-18)24-20-22-10-15-11-23-27(19(15)26-20)12-13-2-1-7-21-9-13/h1-2,4-5,7-11H,3,6,12H2,(H,25,28)(H,22,24,26). The lowest BCUT2D eigenvalue weighted by molar-refractivity contribution is -0.116. The first-order chi connectivity index (χ1) is 13.7. The van der Waals surface area contributed by atoms with Gasteiger partial charge in [0.05, 0.1) is 18.1 Å². The molecule has 0 bridgehead atoms. The zero-order chi connectivity index (χ0) is 18.9. The Morgan fingerprint density at radius 3 is 3.00 bits per heavy atom. The van der Waals surface area contributed by atoms with E-state index in [0.717, 1.165) is 40.0 Å². The van der Waals surface area contributed by atoms with Crippen LogP contribution in [0.15, 0.2) is 55.1 Å². The molecule has 1 aromatic carbocycles. The van der Waals surface area contributed by atoms with E-state index >= 15 is 0 Å². The zero-order valence-corrected chi connectivity index (χ0v) is 15.0. The number of pyridine rings is 1. The fourth-order valence-corrected chi connectivity index (χ4v) is 3.30. The maximum absolute atomic E-state index is 11.5. The van der Waals surface area contributed by atoms with E-state index in [0.29, 0.717) is 18.9 Å². The summed E-state index contributed by atoms with van der Waals surface area (Å²) in [5.74, 6) is 0.559. The summed E-state index contributed by atoms with van der Waals surface area (Å²) in [6.07, 6.45) is 8.33. The van der Waals surface area contributed by atoms with E-state index in [2.05, 4.69) is 30.7 Å². The number of amides is 1. The van der Waals surface area contributed by atoms with Crippen molar-refractivity contribution in [2.45, 2.75) is 19.4 Å². The lowest BCUT2D eigenvalue weighted by Gasteiger charge is -2.17.